The van der Waals surface area contributed by atoms with Gasteiger partial charge in [0.1, 0.15) is 17.8 Å². The van der Waals surface area contributed by atoms with Gasteiger partial charge in [-0.05, 0) is 13.3 Å². The molecule has 2 aliphatic heterocycles. The molecular formula is C16H23N5O4S. The lowest BCUT2D eigenvalue weighted by atomic mass is 10.2. The van der Waals surface area contributed by atoms with Crippen LogP contribution in [0.4, 0.5) is 5.82 Å². The monoisotopic (exact) mass is 381 g/mol. The van der Waals surface area contributed by atoms with Gasteiger partial charge in [0, 0.05) is 44.8 Å². The number of amides is 2. The summed E-state index contributed by atoms with van der Waals surface area (Å²) in [5.41, 5.74) is 0.286. The van der Waals surface area contributed by atoms with Gasteiger partial charge < -0.3 is 14.7 Å². The number of sulfone groups is 1. The number of piperazine rings is 1. The van der Waals surface area contributed by atoms with Crippen molar-refractivity contribution < 1.29 is 18.0 Å². The highest BCUT2D eigenvalue weighted by atomic mass is 32.2. The molecule has 142 valence electrons. The summed E-state index contributed by atoms with van der Waals surface area (Å²) in [6, 6.07) is 1.50. The van der Waals surface area contributed by atoms with Gasteiger partial charge in [-0.15, -0.1) is 0 Å². The molecule has 1 unspecified atom stereocenters. The fraction of sp³-hybridized carbons (Fsp3) is 0.625. The molecule has 26 heavy (non-hydrogen) atoms. The van der Waals surface area contributed by atoms with Crippen LogP contribution in [0.15, 0.2) is 12.4 Å². The van der Waals surface area contributed by atoms with E-state index in [0.29, 0.717) is 45.0 Å². The normalized spacial score (nSPS) is 22.3. The van der Waals surface area contributed by atoms with Crippen molar-refractivity contribution in [2.24, 2.45) is 0 Å². The van der Waals surface area contributed by atoms with Gasteiger partial charge in [-0.25, -0.2) is 18.4 Å². The van der Waals surface area contributed by atoms with E-state index in [-0.39, 0.29) is 29.1 Å². The predicted molar refractivity (Wildman–Crippen MR) is 95.7 cm³/mol. The Balaban J connectivity index is 1.75. The van der Waals surface area contributed by atoms with Crippen LogP contribution in [-0.2, 0) is 14.6 Å². The van der Waals surface area contributed by atoms with Gasteiger partial charge in [-0.3, -0.25) is 9.59 Å². The number of carbonyl (C=O) groups excluding carboxylic acids is 2. The van der Waals surface area contributed by atoms with Crippen molar-refractivity contribution >= 4 is 28.0 Å². The summed E-state index contributed by atoms with van der Waals surface area (Å²) in [6.07, 6.45) is 2.70. The van der Waals surface area contributed by atoms with Crippen molar-refractivity contribution in [2.45, 2.75) is 19.4 Å². The highest BCUT2D eigenvalue weighted by Gasteiger charge is 2.33. The average Bonchev–Trinajstić information content (AvgIpc) is 3.01. The molecule has 0 radical (unpaired) electrons. The van der Waals surface area contributed by atoms with E-state index in [2.05, 4.69) is 9.97 Å². The van der Waals surface area contributed by atoms with E-state index in [0.717, 1.165) is 6.41 Å². The number of nitrogens with zero attached hydrogens (tertiary/aromatic N) is 5. The summed E-state index contributed by atoms with van der Waals surface area (Å²) in [4.78, 5) is 37.1. The first-order chi connectivity index (χ1) is 12.4. The molecule has 9 nitrogen and oxygen atoms in total. The van der Waals surface area contributed by atoms with E-state index in [9.17, 15) is 18.0 Å². The number of anilines is 1. The van der Waals surface area contributed by atoms with E-state index in [1.807, 2.05) is 11.8 Å². The smallest absolute Gasteiger partial charge is 0.272 e. The first-order valence-electron chi connectivity index (χ1n) is 8.71. The van der Waals surface area contributed by atoms with E-state index in [4.69, 9.17) is 0 Å². The van der Waals surface area contributed by atoms with Crippen LogP contribution >= 0.6 is 0 Å². The standard InChI is InChI=1S/C16H23N5O4S/c1-2-21(13-3-8-26(24,25)10-13)15-9-14(17-11-18-15)16(23)20-6-4-19(12-22)5-7-20/h9,11-13H,2-8,10H2,1H3. The van der Waals surface area contributed by atoms with Crippen molar-refractivity contribution in [1.29, 1.82) is 0 Å². The van der Waals surface area contributed by atoms with Crippen LogP contribution in [0, 0.1) is 0 Å². The third kappa shape index (κ3) is 3.95. The number of rotatable bonds is 5. The van der Waals surface area contributed by atoms with Crippen molar-refractivity contribution in [1.82, 2.24) is 19.8 Å². The summed E-state index contributed by atoms with van der Waals surface area (Å²) < 4.78 is 23.6. The van der Waals surface area contributed by atoms with Crippen molar-refractivity contribution in [3.05, 3.63) is 18.1 Å². The number of hydrogen-bond acceptors (Lipinski definition) is 7. The maximum Gasteiger partial charge on any atom is 0.272 e. The maximum atomic E-state index is 12.7. The second kappa shape index (κ2) is 7.56. The molecule has 2 aliphatic rings. The predicted octanol–water partition coefficient (Wildman–Crippen LogP) is -0.596. The summed E-state index contributed by atoms with van der Waals surface area (Å²) in [5, 5.41) is 0. The molecule has 1 aromatic rings. The maximum absolute atomic E-state index is 12.7. The minimum atomic E-state index is -3.00. The Morgan fingerprint density at radius 1 is 1.31 bits per heavy atom. The van der Waals surface area contributed by atoms with Crippen LogP contribution < -0.4 is 4.90 Å². The highest BCUT2D eigenvalue weighted by molar-refractivity contribution is 7.91. The minimum Gasteiger partial charge on any atom is -0.353 e. The molecule has 0 spiro atoms. The third-order valence-corrected chi connectivity index (χ3v) is 6.66. The summed E-state index contributed by atoms with van der Waals surface area (Å²) in [7, 11) is -3.00. The Hall–Kier alpha value is -2.23. The van der Waals surface area contributed by atoms with Crippen LogP contribution in [0.25, 0.3) is 0 Å². The van der Waals surface area contributed by atoms with E-state index in [1.54, 1.807) is 15.9 Å². The largest absolute Gasteiger partial charge is 0.353 e. The molecule has 0 saturated carbocycles. The van der Waals surface area contributed by atoms with E-state index < -0.39 is 9.84 Å². The zero-order chi connectivity index (χ0) is 18.7. The zero-order valence-corrected chi connectivity index (χ0v) is 15.6. The molecule has 10 heteroatoms. The summed E-state index contributed by atoms with van der Waals surface area (Å²) in [6.45, 7) is 4.49. The Bertz CT molecular complexity index is 777. The molecule has 3 heterocycles. The third-order valence-electron chi connectivity index (χ3n) is 4.91. The first-order valence-corrected chi connectivity index (χ1v) is 10.5. The fourth-order valence-electron chi connectivity index (χ4n) is 3.44. The van der Waals surface area contributed by atoms with Crippen molar-refractivity contribution in [3.63, 3.8) is 0 Å². The molecule has 2 saturated heterocycles. The van der Waals surface area contributed by atoms with E-state index in [1.165, 1.54) is 6.33 Å². The molecule has 0 N–H and O–H groups in total. The van der Waals surface area contributed by atoms with Crippen molar-refractivity contribution in [2.75, 3.05) is 49.1 Å². The van der Waals surface area contributed by atoms with Crippen LogP contribution in [-0.4, -0.2) is 90.8 Å². The van der Waals surface area contributed by atoms with Gasteiger partial charge in [0.25, 0.3) is 5.91 Å². The molecule has 0 aromatic carbocycles. The number of carbonyl (C=O) groups is 2. The highest BCUT2D eigenvalue weighted by Crippen LogP contribution is 2.23. The van der Waals surface area contributed by atoms with Gasteiger partial charge in [0.05, 0.1) is 11.5 Å². The molecule has 0 aliphatic carbocycles. The molecule has 0 bridgehead atoms. The zero-order valence-electron chi connectivity index (χ0n) is 14.7. The van der Waals surface area contributed by atoms with Crippen LogP contribution in [0.2, 0.25) is 0 Å². The molecule has 1 aromatic heterocycles. The second-order valence-electron chi connectivity index (χ2n) is 6.54. The molecule has 2 amide bonds. The SMILES string of the molecule is CCN(c1cc(C(=O)N2CCN(C=O)CC2)ncn1)C1CCS(=O)(=O)C1. The second-order valence-corrected chi connectivity index (χ2v) is 8.77. The Labute approximate surface area is 152 Å². The Morgan fingerprint density at radius 2 is 2.04 bits per heavy atom. The Kier molecular flexibility index (Phi) is 5.40. The number of hydrogen-bond donors (Lipinski definition) is 0. The first kappa shape index (κ1) is 18.6. The van der Waals surface area contributed by atoms with E-state index >= 15 is 0 Å². The number of aromatic nitrogens is 2. The lowest BCUT2D eigenvalue weighted by Crippen LogP contribution is -2.48. The molecular weight excluding hydrogens is 358 g/mol. The quantitative estimate of drug-likeness (QED) is 0.628. The van der Waals surface area contributed by atoms with Gasteiger partial charge in [0.15, 0.2) is 9.84 Å². The fourth-order valence-corrected chi connectivity index (χ4v) is 5.17. The average molecular weight is 381 g/mol. The van der Waals surface area contributed by atoms with Crippen LogP contribution in [0.3, 0.4) is 0 Å². The van der Waals surface area contributed by atoms with Gasteiger partial charge in [-0.2, -0.15) is 0 Å². The molecule has 1 atom stereocenters. The van der Waals surface area contributed by atoms with Crippen LogP contribution in [0.1, 0.15) is 23.8 Å². The summed E-state index contributed by atoms with van der Waals surface area (Å²) >= 11 is 0. The van der Waals surface area contributed by atoms with Crippen molar-refractivity contribution in [3.8, 4) is 0 Å². The summed E-state index contributed by atoms with van der Waals surface area (Å²) in [5.74, 6) is 0.669. The van der Waals surface area contributed by atoms with Crippen LogP contribution in [0.5, 0.6) is 0 Å². The molecule has 2 fully saturated rings. The van der Waals surface area contributed by atoms with Gasteiger partial charge in [0.2, 0.25) is 6.41 Å². The topological polar surface area (TPSA) is 104 Å². The lowest BCUT2D eigenvalue weighted by molar-refractivity contribution is -0.119. The lowest BCUT2D eigenvalue weighted by Gasteiger charge is -2.32. The van der Waals surface area contributed by atoms with Gasteiger partial charge >= 0.3 is 0 Å². The Morgan fingerprint density at radius 3 is 2.62 bits per heavy atom. The molecule has 3 rings (SSSR count). The van der Waals surface area contributed by atoms with Gasteiger partial charge in [-0.1, -0.05) is 0 Å². The minimum absolute atomic E-state index is 0.113.